The van der Waals surface area contributed by atoms with E-state index in [0.717, 1.165) is 33.6 Å². The van der Waals surface area contributed by atoms with Gasteiger partial charge in [-0.25, -0.2) is 9.97 Å². The molecule has 0 N–H and O–H groups in total. The van der Waals surface area contributed by atoms with E-state index >= 15 is 0 Å². The summed E-state index contributed by atoms with van der Waals surface area (Å²) in [7, 11) is 0. The van der Waals surface area contributed by atoms with Crippen LogP contribution in [-0.2, 0) is 0 Å². The Morgan fingerprint density at radius 1 is 0.549 bits per heavy atom. The normalized spacial score (nSPS) is 9.45. The van der Waals surface area contributed by atoms with Gasteiger partial charge in [-0.15, -0.1) is 0 Å². The molecule has 0 aliphatic heterocycles. The van der Waals surface area contributed by atoms with Crippen LogP contribution in [0.1, 0.15) is 57.1 Å². The smallest absolute Gasteiger partial charge is 0.356 e. The van der Waals surface area contributed by atoms with Gasteiger partial charge in [0, 0.05) is 24.5 Å². The zero-order valence-electron chi connectivity index (χ0n) is 28.3. The topological polar surface area (TPSA) is 265 Å². The standard InChI is InChI=1S/C32H34N4O2.Dy.3NO3/c1-7-35(25-17-21(3)15-22(4)18-25)31(37)29-13-9-11-27(33-29)28-12-10-14-30(34-28)32(38)36(8-2)26-19-23(5)16-24(6)20-26;;3*2-1(3)4/h9-20H,7-8H2,1-6H3;;;;/q;+3;3*-1. The Morgan fingerprint density at radius 3 is 1.04 bits per heavy atom. The van der Waals surface area contributed by atoms with Crippen molar-refractivity contribution in [3.05, 3.63) is 152 Å². The maximum absolute atomic E-state index is 13.5. The van der Waals surface area contributed by atoms with Crippen LogP contribution in [0.4, 0.5) is 11.4 Å². The fraction of sp³-hybridized carbons (Fsp3) is 0.250. The minimum atomic E-state index is -1.75. The summed E-state index contributed by atoms with van der Waals surface area (Å²) in [6.07, 6.45) is 0. The van der Waals surface area contributed by atoms with Gasteiger partial charge in [0.05, 0.1) is 26.6 Å². The Kier molecular flexibility index (Phi) is 19.9. The van der Waals surface area contributed by atoms with E-state index in [1.807, 2.05) is 77.9 Å². The Hall–Kier alpha value is -5.45. The van der Waals surface area contributed by atoms with Crippen LogP contribution in [-0.4, -0.2) is 50.1 Å². The van der Waals surface area contributed by atoms with Crippen molar-refractivity contribution in [2.24, 2.45) is 0 Å². The van der Waals surface area contributed by atoms with Crippen LogP contribution >= 0.6 is 0 Å². The quantitative estimate of drug-likeness (QED) is 0.153. The van der Waals surface area contributed by atoms with E-state index in [4.69, 9.17) is 46.0 Å². The first-order chi connectivity index (χ1) is 23.4. The second kappa shape index (κ2) is 22.3. The molecule has 2 heterocycles. The maximum atomic E-state index is 13.5. The molecule has 19 heteroatoms. The molecule has 4 rings (SSSR count). The van der Waals surface area contributed by atoms with Gasteiger partial charge in [0.1, 0.15) is 11.4 Å². The summed E-state index contributed by atoms with van der Waals surface area (Å²) in [5, 5.41) is 44.2. The van der Waals surface area contributed by atoms with E-state index in [9.17, 15) is 9.59 Å². The van der Waals surface area contributed by atoms with Crippen molar-refractivity contribution in [3.8, 4) is 11.4 Å². The Bertz CT molecular complexity index is 1630. The molecule has 0 aliphatic carbocycles. The summed E-state index contributed by atoms with van der Waals surface area (Å²) in [5.41, 5.74) is 7.81. The minimum Gasteiger partial charge on any atom is -0.356 e. The number of aromatic nitrogens is 2. The molecule has 0 bridgehead atoms. The van der Waals surface area contributed by atoms with Crippen LogP contribution < -0.4 is 9.80 Å². The average Bonchev–Trinajstić information content (AvgIpc) is 3.00. The van der Waals surface area contributed by atoms with Crippen molar-refractivity contribution in [2.45, 2.75) is 41.5 Å². The predicted molar refractivity (Wildman–Crippen MR) is 185 cm³/mol. The van der Waals surface area contributed by atoms with E-state index in [0.29, 0.717) is 35.9 Å². The molecule has 0 saturated heterocycles. The van der Waals surface area contributed by atoms with Gasteiger partial charge in [-0.05, 0) is 112 Å². The van der Waals surface area contributed by atoms with E-state index in [2.05, 4.69) is 22.1 Å². The average molecular weight is 855 g/mol. The number of anilines is 2. The third-order valence-corrected chi connectivity index (χ3v) is 6.36. The van der Waals surface area contributed by atoms with Crippen molar-refractivity contribution in [1.29, 1.82) is 0 Å². The summed E-state index contributed by atoms with van der Waals surface area (Å²) in [6.45, 7) is 13.0. The Balaban J connectivity index is 0.00000167. The third kappa shape index (κ3) is 16.2. The first kappa shape index (κ1) is 45.6. The third-order valence-electron chi connectivity index (χ3n) is 6.36. The van der Waals surface area contributed by atoms with Gasteiger partial charge in [-0.2, -0.15) is 0 Å². The van der Waals surface area contributed by atoms with Crippen LogP contribution in [0.5, 0.6) is 0 Å². The SMILES string of the molecule is CCN(C(=O)c1cccc(-c2cccc(C(=O)N(CC)c3cc(C)cc(C)c3)n2)n1)c1cc(C)cc(C)c1.O=[N+]([O-])[O-].O=[N+]([O-])[O-].O=[N+]([O-])[O-].[Dy+3]. The fourth-order valence-electron chi connectivity index (χ4n) is 4.77. The molecule has 1 radical (unpaired) electrons. The first-order valence-electron chi connectivity index (χ1n) is 14.6. The molecule has 0 aliphatic rings. The van der Waals surface area contributed by atoms with Crippen molar-refractivity contribution in [3.63, 3.8) is 0 Å². The molecule has 0 fully saturated rings. The van der Waals surface area contributed by atoms with Gasteiger partial charge < -0.3 is 55.8 Å². The van der Waals surface area contributed by atoms with Crippen molar-refractivity contribution >= 4 is 23.2 Å². The molecule has 273 valence electrons. The van der Waals surface area contributed by atoms with Gasteiger partial charge in [0.2, 0.25) is 0 Å². The van der Waals surface area contributed by atoms with Gasteiger partial charge in [-0.1, -0.05) is 24.3 Å². The van der Waals surface area contributed by atoms with Gasteiger partial charge in [0.25, 0.3) is 11.8 Å². The second-order valence-electron chi connectivity index (χ2n) is 10.3. The fourth-order valence-corrected chi connectivity index (χ4v) is 4.77. The number of rotatable bonds is 7. The molecular formula is C32H34DyN7O11. The van der Waals surface area contributed by atoms with Crippen LogP contribution in [0, 0.1) is 112 Å². The number of amides is 2. The second-order valence-corrected chi connectivity index (χ2v) is 10.3. The summed E-state index contributed by atoms with van der Waals surface area (Å²) in [4.78, 5) is 64.5. The molecular weight excluding hydrogens is 821 g/mol. The summed E-state index contributed by atoms with van der Waals surface area (Å²) in [5.74, 6) is -0.364. The Morgan fingerprint density at radius 2 is 0.804 bits per heavy atom. The first-order valence-corrected chi connectivity index (χ1v) is 14.6. The zero-order chi connectivity index (χ0) is 38.1. The molecule has 0 spiro atoms. The molecule has 2 aromatic carbocycles. The van der Waals surface area contributed by atoms with Crippen molar-refractivity contribution < 1.29 is 63.0 Å². The molecule has 2 amide bonds. The van der Waals surface area contributed by atoms with Crippen molar-refractivity contribution in [1.82, 2.24) is 9.97 Å². The molecule has 4 aromatic rings. The minimum absolute atomic E-state index is 0. The number of pyridine rings is 2. The van der Waals surface area contributed by atoms with Crippen LogP contribution in [0.25, 0.3) is 11.4 Å². The number of carbonyl (C=O) groups excluding carboxylic acids is 2. The predicted octanol–water partition coefficient (Wildman–Crippen LogP) is 5.99. The maximum Gasteiger partial charge on any atom is 3.00 e. The monoisotopic (exact) mass is 856 g/mol. The zero-order valence-corrected chi connectivity index (χ0v) is 30.3. The van der Waals surface area contributed by atoms with Crippen LogP contribution in [0.15, 0.2) is 72.8 Å². The molecule has 51 heavy (non-hydrogen) atoms. The number of hydrogen-bond donors (Lipinski definition) is 0. The van der Waals surface area contributed by atoms with Crippen LogP contribution in [0.2, 0.25) is 0 Å². The molecule has 0 saturated carbocycles. The molecule has 18 nitrogen and oxygen atoms in total. The Labute approximate surface area is 322 Å². The summed E-state index contributed by atoms with van der Waals surface area (Å²) < 4.78 is 0. The number of carbonyl (C=O) groups is 2. The number of benzene rings is 2. The van der Waals surface area contributed by atoms with Gasteiger partial charge in [0.15, 0.2) is 0 Å². The van der Waals surface area contributed by atoms with E-state index in [1.54, 1.807) is 34.1 Å². The van der Waals surface area contributed by atoms with Crippen molar-refractivity contribution in [2.75, 3.05) is 22.9 Å². The summed E-state index contributed by atoms with van der Waals surface area (Å²) >= 11 is 0. The van der Waals surface area contributed by atoms with Gasteiger partial charge in [-0.3, -0.25) is 9.59 Å². The molecule has 2 aromatic heterocycles. The van der Waals surface area contributed by atoms with Gasteiger partial charge >= 0.3 is 38.2 Å². The van der Waals surface area contributed by atoms with E-state index < -0.39 is 15.3 Å². The number of hydrogen-bond acceptors (Lipinski definition) is 13. The summed E-state index contributed by atoms with van der Waals surface area (Å²) in [6, 6.07) is 22.8. The largest absolute Gasteiger partial charge is 3.00 e. The molecule has 0 atom stereocenters. The number of nitrogens with zero attached hydrogens (tertiary/aromatic N) is 7. The van der Waals surface area contributed by atoms with Crippen LogP contribution in [0.3, 0.4) is 0 Å². The number of aryl methyl sites for hydroxylation is 4. The molecule has 0 unspecified atom stereocenters. The van der Waals surface area contributed by atoms with E-state index in [1.165, 1.54) is 0 Å². The van der Waals surface area contributed by atoms with E-state index in [-0.39, 0.29) is 50.0 Å².